The van der Waals surface area contributed by atoms with E-state index in [-0.39, 0.29) is 22.5 Å². The fraction of sp³-hybridized carbons (Fsp3) is 0.333. The molecule has 3 heterocycles. The van der Waals surface area contributed by atoms with Gasteiger partial charge in [0.1, 0.15) is 22.8 Å². The lowest BCUT2D eigenvalue weighted by atomic mass is 9.91. The molecule has 1 N–H and O–H groups in total. The molecule has 10 heteroatoms. The first-order chi connectivity index (χ1) is 19.2. The summed E-state index contributed by atoms with van der Waals surface area (Å²) in [4.78, 5) is 21.5. The van der Waals surface area contributed by atoms with Crippen LogP contribution in [0.4, 0.5) is 11.5 Å². The number of carbonyl (C=O) groups is 1. The Bertz CT molecular complexity index is 1770. The smallest absolute Gasteiger partial charge is 0.245 e. The van der Waals surface area contributed by atoms with Gasteiger partial charge in [-0.15, -0.1) is 0 Å². The highest BCUT2D eigenvalue weighted by atomic mass is 32.2. The number of pyridine rings is 1. The summed E-state index contributed by atoms with van der Waals surface area (Å²) in [7, 11) is -3.77. The molecule has 0 saturated heterocycles. The quantitative estimate of drug-likeness (QED) is 0.295. The highest BCUT2D eigenvalue weighted by molar-refractivity contribution is 7.94. The number of rotatable bonds is 6. The van der Waals surface area contributed by atoms with Crippen molar-refractivity contribution in [3.63, 3.8) is 0 Å². The summed E-state index contributed by atoms with van der Waals surface area (Å²) in [6, 6.07) is 16.1. The maximum Gasteiger partial charge on any atom is 0.245 e. The van der Waals surface area contributed by atoms with Gasteiger partial charge in [-0.2, -0.15) is 5.10 Å². The monoisotopic (exact) mass is 555 g/mol. The zero-order valence-corrected chi connectivity index (χ0v) is 23.1. The largest absolute Gasteiger partial charge is 0.472 e. The topological polar surface area (TPSA) is 108 Å². The Labute approximate surface area is 232 Å². The Balaban J connectivity index is 1.44. The van der Waals surface area contributed by atoms with Gasteiger partial charge in [-0.25, -0.2) is 20.0 Å². The van der Waals surface area contributed by atoms with Crippen LogP contribution in [0.5, 0.6) is 5.88 Å². The Morgan fingerprint density at radius 1 is 1.12 bits per heavy atom. The highest BCUT2D eigenvalue weighted by Gasteiger charge is 2.51. The van der Waals surface area contributed by atoms with Gasteiger partial charge in [0.2, 0.25) is 11.9 Å². The van der Waals surface area contributed by atoms with Crippen LogP contribution in [0.25, 0.3) is 15.7 Å². The molecule has 204 valence electrons. The lowest BCUT2D eigenvalue weighted by Crippen LogP contribution is -2.33. The molecule has 1 aliphatic carbocycles. The minimum Gasteiger partial charge on any atom is -0.472 e. The van der Waals surface area contributed by atoms with E-state index in [2.05, 4.69) is 15.1 Å². The predicted octanol–water partition coefficient (Wildman–Crippen LogP) is 5.91. The third-order valence-electron chi connectivity index (χ3n) is 7.97. The number of hydrogen-bond donors (Lipinski definition) is 1. The van der Waals surface area contributed by atoms with E-state index in [0.717, 1.165) is 36.8 Å². The highest BCUT2D eigenvalue weighted by Crippen LogP contribution is 2.42. The van der Waals surface area contributed by atoms with Crippen LogP contribution in [-0.4, -0.2) is 39.8 Å². The molecule has 2 aliphatic rings. The summed E-state index contributed by atoms with van der Waals surface area (Å²) in [6.45, 7) is 11.0. The SMILES string of the molecule is [C-]#[N+][C@H]1CCCC[C@@H]1n1nc(Nc2ccc3c(c2)C(=O)C(C)(C)S3(=O)=O)c2c(OCc3ccccc3)nccc21. The number of carbonyl (C=O) groups excluding carboxylic acids is 1. The number of nitrogens with zero attached hydrogens (tertiary/aromatic N) is 4. The zero-order valence-electron chi connectivity index (χ0n) is 22.3. The number of ketones is 1. The van der Waals surface area contributed by atoms with Crippen molar-refractivity contribution in [3.8, 4) is 5.88 Å². The third-order valence-corrected chi connectivity index (χ3v) is 10.4. The minimum absolute atomic E-state index is 0.0408. The normalized spacial score (nSPS) is 21.1. The van der Waals surface area contributed by atoms with Crippen molar-refractivity contribution in [2.24, 2.45) is 0 Å². The number of benzene rings is 2. The van der Waals surface area contributed by atoms with Crippen LogP contribution in [0, 0.1) is 6.57 Å². The number of hydrogen-bond acceptors (Lipinski definition) is 7. The van der Waals surface area contributed by atoms with Gasteiger partial charge < -0.3 is 14.9 Å². The summed E-state index contributed by atoms with van der Waals surface area (Å²) < 4.78 is 32.4. The molecule has 0 bridgehead atoms. The Kier molecular flexibility index (Phi) is 6.34. The van der Waals surface area contributed by atoms with Gasteiger partial charge in [0, 0.05) is 23.9 Å². The van der Waals surface area contributed by atoms with Crippen molar-refractivity contribution in [1.82, 2.24) is 14.8 Å². The Morgan fingerprint density at radius 3 is 2.67 bits per heavy atom. The van der Waals surface area contributed by atoms with Crippen molar-refractivity contribution in [2.45, 2.75) is 67.9 Å². The van der Waals surface area contributed by atoms with Crippen molar-refractivity contribution < 1.29 is 17.9 Å². The summed E-state index contributed by atoms with van der Waals surface area (Å²) in [5.41, 5.74) is 2.47. The van der Waals surface area contributed by atoms with Gasteiger partial charge in [-0.3, -0.25) is 9.48 Å². The van der Waals surface area contributed by atoms with E-state index in [1.807, 2.05) is 41.1 Å². The van der Waals surface area contributed by atoms with Crippen molar-refractivity contribution in [2.75, 3.05) is 5.32 Å². The fourth-order valence-corrected chi connectivity index (χ4v) is 7.23. The lowest BCUT2D eigenvalue weighted by molar-refractivity contribution is 0.0959. The number of nitrogens with one attached hydrogen (secondary N) is 1. The van der Waals surface area contributed by atoms with Crippen molar-refractivity contribution in [3.05, 3.63) is 83.3 Å². The molecule has 1 fully saturated rings. The second-order valence-corrected chi connectivity index (χ2v) is 13.3. The van der Waals surface area contributed by atoms with E-state index >= 15 is 0 Å². The molecule has 6 rings (SSSR count). The number of sulfone groups is 1. The van der Waals surface area contributed by atoms with E-state index in [0.29, 0.717) is 29.4 Å². The summed E-state index contributed by atoms with van der Waals surface area (Å²) in [6.07, 6.45) is 5.37. The average Bonchev–Trinajstić information content (AvgIpc) is 3.39. The van der Waals surface area contributed by atoms with E-state index in [4.69, 9.17) is 16.4 Å². The number of aromatic nitrogens is 3. The van der Waals surface area contributed by atoms with Gasteiger partial charge in [-0.1, -0.05) is 36.8 Å². The van der Waals surface area contributed by atoms with Crippen LogP contribution in [0.2, 0.25) is 0 Å². The molecule has 2 atom stereocenters. The second-order valence-electron chi connectivity index (χ2n) is 10.8. The first-order valence-corrected chi connectivity index (χ1v) is 14.8. The number of fused-ring (bicyclic) bond motifs is 2. The molecule has 0 amide bonds. The number of ether oxygens (including phenoxy) is 1. The minimum atomic E-state index is -3.77. The van der Waals surface area contributed by atoms with Gasteiger partial charge in [-0.05, 0) is 56.5 Å². The van der Waals surface area contributed by atoms with Gasteiger partial charge >= 0.3 is 0 Å². The summed E-state index contributed by atoms with van der Waals surface area (Å²) in [5, 5.41) is 8.90. The fourth-order valence-electron chi connectivity index (χ4n) is 5.64. The van der Waals surface area contributed by atoms with E-state index in [1.165, 1.54) is 19.9 Å². The maximum atomic E-state index is 13.0. The molecule has 2 aromatic heterocycles. The van der Waals surface area contributed by atoms with Crippen molar-refractivity contribution in [1.29, 1.82) is 0 Å². The molecule has 1 aliphatic heterocycles. The molecule has 0 unspecified atom stereocenters. The Morgan fingerprint density at radius 2 is 1.90 bits per heavy atom. The van der Waals surface area contributed by atoms with E-state index in [9.17, 15) is 13.2 Å². The first-order valence-electron chi connectivity index (χ1n) is 13.3. The van der Waals surface area contributed by atoms with Crippen LogP contribution >= 0.6 is 0 Å². The third kappa shape index (κ3) is 4.12. The van der Waals surface area contributed by atoms with Gasteiger partial charge in [0.25, 0.3) is 0 Å². The summed E-state index contributed by atoms with van der Waals surface area (Å²) in [5.74, 6) is 0.427. The zero-order chi connectivity index (χ0) is 28.1. The second kappa shape index (κ2) is 9.75. The molecule has 4 aromatic rings. The standard InChI is InChI=1S/C30H29N5O4S/c1-30(2)27(36)21-17-20(13-14-25(21)40(30,37)38)33-28-26-24(35(34-28)23-12-8-7-11-22(23)31-3)15-16-32-29(26)39-18-19-9-5-4-6-10-19/h4-6,9-10,13-17,22-23H,7-8,11-12,18H2,1-2H3,(H,33,34)/t22-,23-/m0/s1. The molecule has 9 nitrogen and oxygen atoms in total. The number of Topliss-reactive ketones (excluding diaryl/α,β-unsaturated/α-hetero) is 1. The number of anilines is 2. The van der Waals surface area contributed by atoms with Crippen LogP contribution in [0.3, 0.4) is 0 Å². The van der Waals surface area contributed by atoms with Crippen LogP contribution < -0.4 is 10.1 Å². The lowest BCUT2D eigenvalue weighted by Gasteiger charge is -2.24. The van der Waals surface area contributed by atoms with Gasteiger partial charge in [0.15, 0.2) is 21.4 Å². The van der Waals surface area contributed by atoms with Crippen LogP contribution in [0.1, 0.15) is 61.5 Å². The molecule has 0 radical (unpaired) electrons. The summed E-state index contributed by atoms with van der Waals surface area (Å²) >= 11 is 0. The molecule has 1 saturated carbocycles. The Hall–Kier alpha value is -4.23. The van der Waals surface area contributed by atoms with E-state index < -0.39 is 20.4 Å². The van der Waals surface area contributed by atoms with Crippen LogP contribution in [-0.2, 0) is 16.4 Å². The molecular formula is C30H29N5O4S. The molecule has 40 heavy (non-hydrogen) atoms. The van der Waals surface area contributed by atoms with E-state index in [1.54, 1.807) is 18.3 Å². The van der Waals surface area contributed by atoms with Gasteiger partial charge in [0.05, 0.1) is 10.4 Å². The predicted molar refractivity (Wildman–Crippen MR) is 152 cm³/mol. The molecule has 0 spiro atoms. The maximum absolute atomic E-state index is 13.0. The average molecular weight is 556 g/mol. The molecular weight excluding hydrogens is 526 g/mol. The van der Waals surface area contributed by atoms with Crippen molar-refractivity contribution >= 4 is 38.0 Å². The first kappa shape index (κ1) is 26.0. The molecule has 2 aromatic carbocycles. The van der Waals surface area contributed by atoms with Crippen LogP contribution in [0.15, 0.2) is 65.7 Å².